The standard InChI is InChI=1S/C33H43NO4/c1-7-34(8-2)31-19-15-26(23-30(31)33(4,5)6)29-22-25(14-18-28(29)32(36)37-9-3)24-12-16-27(17-13-24)38-21-11-10-20-35/h12-19,22-23,35H,7-11,20-21H2,1-6H3. The first-order valence-corrected chi connectivity index (χ1v) is 13.8. The van der Waals surface area contributed by atoms with Gasteiger partial charge < -0.3 is 19.5 Å². The maximum absolute atomic E-state index is 13.0. The summed E-state index contributed by atoms with van der Waals surface area (Å²) >= 11 is 0. The zero-order valence-electron chi connectivity index (χ0n) is 23.8. The number of ether oxygens (including phenoxy) is 2. The second-order valence-electron chi connectivity index (χ2n) is 10.4. The number of esters is 1. The molecule has 0 radical (unpaired) electrons. The van der Waals surface area contributed by atoms with Gasteiger partial charge in [0.2, 0.25) is 0 Å². The lowest BCUT2D eigenvalue weighted by Crippen LogP contribution is -2.26. The predicted octanol–water partition coefficient (Wildman–Crippen LogP) is 7.49. The van der Waals surface area contributed by atoms with Gasteiger partial charge in [0.05, 0.1) is 18.8 Å². The molecule has 0 saturated heterocycles. The molecule has 0 spiro atoms. The van der Waals surface area contributed by atoms with E-state index < -0.39 is 0 Å². The maximum atomic E-state index is 13.0. The summed E-state index contributed by atoms with van der Waals surface area (Å²) in [7, 11) is 0. The van der Waals surface area contributed by atoms with Crippen molar-refractivity contribution in [1.82, 2.24) is 0 Å². The average Bonchev–Trinajstić information content (AvgIpc) is 2.91. The number of hydrogen-bond donors (Lipinski definition) is 1. The summed E-state index contributed by atoms with van der Waals surface area (Å²) in [6.45, 7) is 15.8. The quantitative estimate of drug-likeness (QED) is 0.199. The van der Waals surface area contributed by atoms with Crippen LogP contribution in [0.4, 0.5) is 5.69 Å². The van der Waals surface area contributed by atoms with E-state index in [-0.39, 0.29) is 18.0 Å². The van der Waals surface area contributed by atoms with Crippen molar-refractivity contribution < 1.29 is 19.4 Å². The lowest BCUT2D eigenvalue weighted by atomic mass is 9.83. The van der Waals surface area contributed by atoms with Gasteiger partial charge in [-0.1, -0.05) is 45.0 Å². The molecule has 0 aliphatic rings. The molecule has 0 aromatic heterocycles. The first-order chi connectivity index (χ1) is 18.2. The van der Waals surface area contributed by atoms with Crippen molar-refractivity contribution in [1.29, 1.82) is 0 Å². The number of hydrogen-bond acceptors (Lipinski definition) is 5. The van der Waals surface area contributed by atoms with Crippen molar-refractivity contribution in [2.24, 2.45) is 0 Å². The third kappa shape index (κ3) is 7.16. The largest absolute Gasteiger partial charge is 0.494 e. The fourth-order valence-electron chi connectivity index (χ4n) is 4.64. The van der Waals surface area contributed by atoms with Crippen LogP contribution in [-0.4, -0.2) is 44.0 Å². The van der Waals surface area contributed by atoms with Gasteiger partial charge in [0, 0.05) is 25.4 Å². The Bertz CT molecular complexity index is 1190. The molecule has 0 bridgehead atoms. The monoisotopic (exact) mass is 517 g/mol. The van der Waals surface area contributed by atoms with E-state index in [9.17, 15) is 4.79 Å². The number of unbranched alkanes of at least 4 members (excludes halogenated alkanes) is 1. The number of nitrogens with zero attached hydrogens (tertiary/aromatic N) is 1. The zero-order valence-corrected chi connectivity index (χ0v) is 23.8. The van der Waals surface area contributed by atoms with Gasteiger partial charge in [-0.15, -0.1) is 0 Å². The summed E-state index contributed by atoms with van der Waals surface area (Å²) in [4.78, 5) is 15.3. The SMILES string of the molecule is CCOC(=O)c1ccc(-c2ccc(OCCCCO)cc2)cc1-c1ccc(N(CC)CC)c(C(C)(C)C)c1. The highest BCUT2D eigenvalue weighted by Crippen LogP contribution is 2.38. The summed E-state index contributed by atoms with van der Waals surface area (Å²) in [5, 5.41) is 8.94. The first-order valence-electron chi connectivity index (χ1n) is 13.8. The molecule has 0 aliphatic carbocycles. The molecule has 0 atom stereocenters. The van der Waals surface area contributed by atoms with Gasteiger partial charge in [-0.05, 0) is 103 Å². The molecule has 0 heterocycles. The molecule has 0 amide bonds. The number of anilines is 1. The highest BCUT2D eigenvalue weighted by Gasteiger charge is 2.23. The summed E-state index contributed by atoms with van der Waals surface area (Å²) in [5.41, 5.74) is 6.90. The molecule has 204 valence electrons. The van der Waals surface area contributed by atoms with Crippen LogP contribution in [0, 0.1) is 0 Å². The Morgan fingerprint density at radius 1 is 0.842 bits per heavy atom. The van der Waals surface area contributed by atoms with Gasteiger partial charge in [-0.2, -0.15) is 0 Å². The molecule has 0 unspecified atom stereocenters. The van der Waals surface area contributed by atoms with E-state index >= 15 is 0 Å². The third-order valence-electron chi connectivity index (χ3n) is 6.74. The fraction of sp³-hybridized carbons (Fsp3) is 0.424. The number of benzene rings is 3. The lowest BCUT2D eigenvalue weighted by Gasteiger charge is -2.31. The molecular formula is C33H43NO4. The molecule has 0 fully saturated rings. The van der Waals surface area contributed by atoms with Crippen LogP contribution in [0.5, 0.6) is 5.75 Å². The summed E-state index contributed by atoms with van der Waals surface area (Å²) in [6.07, 6.45) is 1.56. The zero-order chi connectivity index (χ0) is 27.7. The fourth-order valence-corrected chi connectivity index (χ4v) is 4.64. The Balaban J connectivity index is 2.06. The normalized spacial score (nSPS) is 11.3. The minimum absolute atomic E-state index is 0.0668. The van der Waals surface area contributed by atoms with Gasteiger partial charge in [0.25, 0.3) is 0 Å². The minimum atomic E-state index is -0.314. The topological polar surface area (TPSA) is 59.0 Å². The first kappa shape index (κ1) is 29.2. The number of aliphatic hydroxyl groups excluding tert-OH is 1. The van der Waals surface area contributed by atoms with Crippen LogP contribution < -0.4 is 9.64 Å². The molecule has 3 aromatic rings. The highest BCUT2D eigenvalue weighted by atomic mass is 16.5. The van der Waals surface area contributed by atoms with Crippen molar-refractivity contribution in [3.8, 4) is 28.0 Å². The average molecular weight is 518 g/mol. The molecule has 3 rings (SSSR count). The van der Waals surface area contributed by atoms with Gasteiger partial charge in [0.1, 0.15) is 5.75 Å². The van der Waals surface area contributed by atoms with Crippen LogP contribution in [0.3, 0.4) is 0 Å². The third-order valence-corrected chi connectivity index (χ3v) is 6.74. The smallest absolute Gasteiger partial charge is 0.338 e. The molecule has 5 nitrogen and oxygen atoms in total. The molecule has 38 heavy (non-hydrogen) atoms. The van der Waals surface area contributed by atoms with Gasteiger partial charge in [0.15, 0.2) is 0 Å². The number of rotatable bonds is 12. The second-order valence-corrected chi connectivity index (χ2v) is 10.4. The van der Waals surface area contributed by atoms with E-state index in [1.54, 1.807) is 0 Å². The molecule has 5 heteroatoms. The Hall–Kier alpha value is -3.31. The van der Waals surface area contributed by atoms with Gasteiger partial charge in [-0.3, -0.25) is 0 Å². The Morgan fingerprint density at radius 2 is 1.50 bits per heavy atom. The van der Waals surface area contributed by atoms with Crippen LogP contribution >= 0.6 is 0 Å². The molecular weight excluding hydrogens is 474 g/mol. The lowest BCUT2D eigenvalue weighted by molar-refractivity contribution is 0.0527. The van der Waals surface area contributed by atoms with Crippen molar-refractivity contribution in [2.45, 2.75) is 59.8 Å². The van der Waals surface area contributed by atoms with E-state index in [0.717, 1.165) is 53.9 Å². The van der Waals surface area contributed by atoms with E-state index in [4.69, 9.17) is 14.6 Å². The number of carbonyl (C=O) groups excluding carboxylic acids is 1. The number of carbonyl (C=O) groups is 1. The molecule has 3 aromatic carbocycles. The molecule has 0 saturated carbocycles. The van der Waals surface area contributed by atoms with Crippen LogP contribution in [0.25, 0.3) is 22.3 Å². The Labute approximate surface area is 228 Å². The van der Waals surface area contributed by atoms with E-state index in [1.165, 1.54) is 11.3 Å². The van der Waals surface area contributed by atoms with Gasteiger partial charge >= 0.3 is 5.97 Å². The van der Waals surface area contributed by atoms with Crippen molar-refractivity contribution in [2.75, 3.05) is 37.8 Å². The minimum Gasteiger partial charge on any atom is -0.494 e. The Kier molecular flexibility index (Phi) is 10.4. The van der Waals surface area contributed by atoms with E-state index in [0.29, 0.717) is 18.8 Å². The maximum Gasteiger partial charge on any atom is 0.338 e. The highest BCUT2D eigenvalue weighted by molar-refractivity contribution is 5.98. The second kappa shape index (κ2) is 13.5. The van der Waals surface area contributed by atoms with Crippen LogP contribution in [0.15, 0.2) is 60.7 Å². The molecule has 0 aliphatic heterocycles. The predicted molar refractivity (Wildman–Crippen MR) is 157 cm³/mol. The van der Waals surface area contributed by atoms with Crippen molar-refractivity contribution in [3.05, 3.63) is 71.8 Å². The van der Waals surface area contributed by atoms with Crippen LogP contribution in [0.2, 0.25) is 0 Å². The van der Waals surface area contributed by atoms with Crippen LogP contribution in [0.1, 0.15) is 70.3 Å². The van der Waals surface area contributed by atoms with Crippen LogP contribution in [-0.2, 0) is 10.2 Å². The van der Waals surface area contributed by atoms with Crippen molar-refractivity contribution >= 4 is 11.7 Å². The molecule has 1 N–H and O–H groups in total. The van der Waals surface area contributed by atoms with E-state index in [1.807, 2.05) is 43.3 Å². The number of aliphatic hydroxyl groups is 1. The summed E-state index contributed by atoms with van der Waals surface area (Å²) in [5.74, 6) is 0.489. The van der Waals surface area contributed by atoms with E-state index in [2.05, 4.69) is 63.8 Å². The van der Waals surface area contributed by atoms with Crippen molar-refractivity contribution in [3.63, 3.8) is 0 Å². The van der Waals surface area contributed by atoms with Gasteiger partial charge in [-0.25, -0.2) is 4.79 Å². The Morgan fingerprint density at radius 3 is 2.11 bits per heavy atom. The summed E-state index contributed by atoms with van der Waals surface area (Å²) < 4.78 is 11.2. The summed E-state index contributed by atoms with van der Waals surface area (Å²) in [6, 6.07) is 20.5.